The molecule has 0 fully saturated rings. The molecule has 5 heterocycles. The Bertz CT molecular complexity index is 5100. The third-order valence-electron chi connectivity index (χ3n) is 27.3. The van der Waals surface area contributed by atoms with Gasteiger partial charge in [0.1, 0.15) is 64.6 Å². The number of benzene rings is 4. The fourth-order valence-corrected chi connectivity index (χ4v) is 16.5. The van der Waals surface area contributed by atoms with Gasteiger partial charge in [-0.05, 0) is 110 Å². The average molecular weight is 1680 g/mol. The molecule has 0 spiro atoms. The summed E-state index contributed by atoms with van der Waals surface area (Å²) in [5, 5.41) is 2.96. The third-order valence-corrected chi connectivity index (χ3v) is 63.3. The molecule has 7 aromatic rings. The minimum absolute atomic E-state index is 0. The van der Waals surface area contributed by atoms with Crippen LogP contribution in [-0.4, -0.2) is 94.5 Å². The molecule has 8 nitrogen and oxygen atoms in total. The molecule has 17 heteroatoms. The Morgan fingerprint density at radius 1 is 0.204 bits per heavy atom. The first-order valence-corrected chi connectivity index (χ1v) is 64.2. The fourth-order valence-electron chi connectivity index (χ4n) is 9.96. The molecular weight excluding hydrogens is 1560 g/mol. The van der Waals surface area contributed by atoms with Gasteiger partial charge in [-0.2, -0.15) is 0 Å². The average Bonchev–Trinajstić information content (AvgIpc) is 1.60. The van der Waals surface area contributed by atoms with E-state index in [2.05, 4.69) is 411 Å². The number of nitrogens with zero attached hydrogens (tertiary/aromatic N) is 8. The van der Waals surface area contributed by atoms with Crippen LogP contribution in [-0.2, 0) is 19.5 Å². The van der Waals surface area contributed by atoms with E-state index in [-0.39, 0.29) is 59.8 Å². The Morgan fingerprint density at radius 3 is 0.451 bits per heavy atom. The summed E-state index contributed by atoms with van der Waals surface area (Å²) in [5.74, 6) is 32.0. The first-order chi connectivity index (χ1) is 50.5. The molecule has 2 aliphatic rings. The van der Waals surface area contributed by atoms with Crippen molar-refractivity contribution in [2.45, 2.75) is 311 Å². The van der Waals surface area contributed by atoms with Crippen molar-refractivity contribution in [2.24, 2.45) is 0 Å². The van der Waals surface area contributed by atoms with Crippen molar-refractivity contribution < 1.29 is 19.5 Å². The number of fused-ring (bicyclic) bond motifs is 20. The molecule has 586 valence electrons. The largest absolute Gasteiger partial charge is 2.00 e. The number of hydrogen-bond donors (Lipinski definition) is 0. The van der Waals surface area contributed by atoms with Crippen molar-refractivity contribution in [1.29, 1.82) is 0 Å². The van der Waals surface area contributed by atoms with Crippen molar-refractivity contribution in [3.05, 3.63) is 93.0 Å². The predicted molar refractivity (Wildman–Crippen MR) is 507 cm³/mol. The van der Waals surface area contributed by atoms with Gasteiger partial charge in [-0.15, -0.1) is 44.3 Å². The zero-order valence-electron chi connectivity index (χ0n) is 76.9. The van der Waals surface area contributed by atoms with Crippen LogP contribution in [0.25, 0.3) is 89.7 Å². The maximum Gasteiger partial charge on any atom is 2.00 e. The second-order valence-corrected chi connectivity index (χ2v) is 84.3. The molecule has 0 amide bonds. The molecule has 0 saturated carbocycles. The van der Waals surface area contributed by atoms with Crippen LogP contribution >= 0.6 is 0 Å². The summed E-state index contributed by atoms with van der Waals surface area (Å²) < 4.78 is 0. The van der Waals surface area contributed by atoms with E-state index in [0.717, 1.165) is 88.3 Å². The second kappa shape index (κ2) is 30.5. The number of aromatic nitrogens is 8. The Hall–Kier alpha value is -6.92. The number of rotatable bonds is 0. The van der Waals surface area contributed by atoms with Crippen molar-refractivity contribution in [3.63, 3.8) is 0 Å². The second-order valence-electron chi connectivity index (χ2n) is 44.3. The van der Waals surface area contributed by atoms with E-state index in [0.29, 0.717) is 45.9 Å². The molecule has 2 aliphatic heterocycles. The molecule has 0 radical (unpaired) electrons. The van der Waals surface area contributed by atoms with E-state index in [1.54, 1.807) is 0 Å². The van der Waals surface area contributed by atoms with E-state index >= 15 is 0 Å². The maximum absolute atomic E-state index is 5.73. The maximum atomic E-state index is 5.73. The van der Waals surface area contributed by atoms with E-state index < -0.39 is 64.6 Å². The van der Waals surface area contributed by atoms with Crippen molar-refractivity contribution in [3.8, 4) is 137 Å². The van der Waals surface area contributed by atoms with E-state index in [9.17, 15) is 0 Å². The minimum atomic E-state index is -2.19. The van der Waals surface area contributed by atoms with Gasteiger partial charge in [-0.1, -0.05) is 318 Å². The first-order valence-electron chi connectivity index (χ1n) is 40.2. The summed E-state index contributed by atoms with van der Waals surface area (Å²) in [4.78, 5) is 45.4. The van der Waals surface area contributed by atoms with Gasteiger partial charge in [0, 0.05) is 89.4 Å². The SMILES string of the molecule is CC(C)(C)[Si](C)(C)C#Cc1cc2c(cc1C#C[Si](C)(C)C(C)(C)C)-c1nc-2nc2[n-]c(nc3nc(nc4[n-]c(n1)c1cc(C#C[Si](C)(C)C(C)(C)C)c(C#C[Si](C)(C)C(C)(C)C)cc41)-c1cc(C#C[Si](C)(C)C(C)(C)C)c(C#C[Si](C)(C)C(C)(C)C)cc1-3)c1cc(C#C[Si](C)(C)C(C)(C)C)c(C#C[Si](C)(C)C(C)(C)C)cc21.[Zn+2]. The quantitative estimate of drug-likeness (QED) is 0.109. The normalized spacial score (nSPS) is 13.4. The fraction of sp³-hybridized carbons (Fsp3) is 0.500. The smallest absolute Gasteiger partial charge is 0.357 e. The van der Waals surface area contributed by atoms with Gasteiger partial charge in [0.2, 0.25) is 0 Å². The molecule has 3 aromatic heterocycles. The van der Waals surface area contributed by atoms with Gasteiger partial charge in [0.15, 0.2) is 0 Å². The molecule has 0 saturated heterocycles. The van der Waals surface area contributed by atoms with Crippen LogP contribution in [0.5, 0.6) is 0 Å². The Labute approximate surface area is 703 Å². The molecule has 0 atom stereocenters. The molecule has 113 heavy (non-hydrogen) atoms. The van der Waals surface area contributed by atoms with E-state index in [1.807, 2.05) is 0 Å². The Balaban J connectivity index is 0.0000160. The molecule has 4 aromatic carbocycles. The van der Waals surface area contributed by atoms with Crippen molar-refractivity contribution in [2.75, 3.05) is 0 Å². The standard InChI is InChI=1S/C96H128N8Si8.Zn/c1-89(2,3)105(25,26)49-41-65-57-73-74(58-66(65)42-50-106(27,28)90(4,5)6)82-97-81(73)101-83-75-59-67(43-51-107(29,30)91(7,8)9)68(44-52-108(31,32)92(10,11)12)60-76(75)85(98-83)103-87-79-63-71(47-55-111(37,38)95(19,20)21)72(48-56-112(39,40)96(22,23)24)64-80(79)88(100-87)104-86-78-62-70(46-54-110(35,36)94(16,17)18)69(61-77(78)84(99-86)102-82)45-53-109(33,34)93(13,14)15;/h57-64H,1-40H3;/q-2;+2. The van der Waals surface area contributed by atoms with E-state index in [4.69, 9.17) is 39.9 Å². The first kappa shape index (κ1) is 91.6. The van der Waals surface area contributed by atoms with Gasteiger partial charge in [0.25, 0.3) is 0 Å². The van der Waals surface area contributed by atoms with Crippen LogP contribution in [0, 0.1) is 91.7 Å². The summed E-state index contributed by atoms with van der Waals surface area (Å²) in [6, 6.07) is 17.2. The van der Waals surface area contributed by atoms with Crippen LogP contribution in [0.1, 0.15) is 211 Å². The van der Waals surface area contributed by atoms with Crippen molar-refractivity contribution >= 4 is 109 Å². The molecule has 9 rings (SSSR count). The monoisotopic (exact) mass is 1680 g/mol. The molecular formula is C96H128N8Si8Zn. The zero-order valence-corrected chi connectivity index (χ0v) is 87.9. The summed E-state index contributed by atoms with van der Waals surface area (Å²) in [6.07, 6.45) is 0. The summed E-state index contributed by atoms with van der Waals surface area (Å²) in [6.45, 7) is 93.1. The molecule has 0 N–H and O–H groups in total. The third kappa shape index (κ3) is 19.2. The summed E-state index contributed by atoms with van der Waals surface area (Å²) in [5.41, 5.74) is 42.3. The number of hydrogen-bond acceptors (Lipinski definition) is 6. The molecule has 0 aliphatic carbocycles. The molecule has 0 unspecified atom stereocenters. The Morgan fingerprint density at radius 2 is 0.327 bits per heavy atom. The molecule has 8 bridgehead atoms. The van der Waals surface area contributed by atoms with Crippen LogP contribution in [0.3, 0.4) is 0 Å². The topological polar surface area (TPSA) is 106 Å². The minimum Gasteiger partial charge on any atom is -0.357 e. The van der Waals surface area contributed by atoms with Crippen LogP contribution in [0.2, 0.25) is 145 Å². The summed E-state index contributed by atoms with van der Waals surface area (Å²) in [7, 11) is -17.5. The van der Waals surface area contributed by atoms with Crippen LogP contribution < -0.4 is 9.97 Å². The van der Waals surface area contributed by atoms with Crippen LogP contribution in [0.15, 0.2) is 48.5 Å². The summed E-state index contributed by atoms with van der Waals surface area (Å²) >= 11 is 0. The van der Waals surface area contributed by atoms with Gasteiger partial charge < -0.3 is 29.9 Å². The Kier molecular flexibility index (Phi) is 24.8. The van der Waals surface area contributed by atoms with Gasteiger partial charge >= 0.3 is 19.5 Å². The van der Waals surface area contributed by atoms with E-state index in [1.165, 1.54) is 0 Å². The van der Waals surface area contributed by atoms with Crippen LogP contribution in [0.4, 0.5) is 0 Å². The zero-order chi connectivity index (χ0) is 84.5. The van der Waals surface area contributed by atoms with Gasteiger partial charge in [-0.25, -0.2) is 9.97 Å². The van der Waals surface area contributed by atoms with Gasteiger partial charge in [0.05, 0.1) is 23.3 Å². The van der Waals surface area contributed by atoms with Crippen molar-refractivity contribution in [1.82, 2.24) is 39.9 Å². The van der Waals surface area contributed by atoms with Gasteiger partial charge in [-0.3, -0.25) is 0 Å². The predicted octanol–water partition coefficient (Wildman–Crippen LogP) is 25.3.